The van der Waals surface area contributed by atoms with Gasteiger partial charge < -0.3 is 4.74 Å². The lowest BCUT2D eigenvalue weighted by Gasteiger charge is -2.02. The van der Waals surface area contributed by atoms with E-state index in [1.807, 2.05) is 31.2 Å². The van der Waals surface area contributed by atoms with Crippen LogP contribution in [0.5, 0.6) is 5.75 Å². The van der Waals surface area contributed by atoms with Gasteiger partial charge in [-0.05, 0) is 61.7 Å². The summed E-state index contributed by atoms with van der Waals surface area (Å²) >= 11 is 0. The van der Waals surface area contributed by atoms with Crippen molar-refractivity contribution in [2.75, 3.05) is 6.61 Å². The summed E-state index contributed by atoms with van der Waals surface area (Å²) in [6.07, 6.45) is 6.42. The molecule has 0 bridgehead atoms. The molecule has 0 amide bonds. The van der Waals surface area contributed by atoms with Crippen LogP contribution >= 0.6 is 0 Å². The standard InChI is InChI=1S/C22H26O/c1-3-5-6-7-8-19-9-11-20(12-10-19)13-14-21-15-17-22(18-16-21)23-4-2/h9-12,15-18H,3-8H2,1-2H3. The summed E-state index contributed by atoms with van der Waals surface area (Å²) in [7, 11) is 0. The highest BCUT2D eigenvalue weighted by atomic mass is 16.5. The smallest absolute Gasteiger partial charge is 0.119 e. The van der Waals surface area contributed by atoms with Gasteiger partial charge in [0.2, 0.25) is 0 Å². The highest BCUT2D eigenvalue weighted by molar-refractivity contribution is 5.44. The van der Waals surface area contributed by atoms with E-state index in [0.29, 0.717) is 6.61 Å². The van der Waals surface area contributed by atoms with Gasteiger partial charge in [0.25, 0.3) is 0 Å². The Kier molecular flexibility index (Phi) is 7.27. The van der Waals surface area contributed by atoms with Crippen LogP contribution in [0.2, 0.25) is 0 Å². The number of unbranched alkanes of at least 4 members (excludes halogenated alkanes) is 3. The fourth-order valence-electron chi connectivity index (χ4n) is 2.46. The summed E-state index contributed by atoms with van der Waals surface area (Å²) in [6.45, 7) is 4.93. The van der Waals surface area contributed by atoms with Gasteiger partial charge in [-0.3, -0.25) is 0 Å². The molecule has 0 radical (unpaired) electrons. The summed E-state index contributed by atoms with van der Waals surface area (Å²) in [5.41, 5.74) is 3.49. The van der Waals surface area contributed by atoms with Crippen molar-refractivity contribution in [2.24, 2.45) is 0 Å². The average Bonchev–Trinajstić information content (AvgIpc) is 2.59. The van der Waals surface area contributed by atoms with Crippen molar-refractivity contribution in [1.29, 1.82) is 0 Å². The number of hydrogen-bond acceptors (Lipinski definition) is 1. The van der Waals surface area contributed by atoms with Crippen molar-refractivity contribution in [2.45, 2.75) is 46.0 Å². The van der Waals surface area contributed by atoms with Crippen LogP contribution in [-0.2, 0) is 6.42 Å². The Balaban J connectivity index is 1.90. The van der Waals surface area contributed by atoms with Crippen LogP contribution in [0.4, 0.5) is 0 Å². The number of hydrogen-bond donors (Lipinski definition) is 0. The molecule has 0 N–H and O–H groups in total. The van der Waals surface area contributed by atoms with Gasteiger partial charge in [-0.25, -0.2) is 0 Å². The van der Waals surface area contributed by atoms with Crippen LogP contribution in [0.1, 0.15) is 56.2 Å². The first kappa shape index (κ1) is 17.2. The first-order valence-electron chi connectivity index (χ1n) is 8.65. The van der Waals surface area contributed by atoms with Crippen molar-refractivity contribution >= 4 is 0 Å². The van der Waals surface area contributed by atoms with E-state index in [-0.39, 0.29) is 0 Å². The zero-order valence-electron chi connectivity index (χ0n) is 14.3. The van der Waals surface area contributed by atoms with Gasteiger partial charge in [0.05, 0.1) is 6.61 Å². The molecule has 2 aromatic carbocycles. The van der Waals surface area contributed by atoms with Gasteiger partial charge in [0, 0.05) is 11.1 Å². The molecule has 2 rings (SSSR count). The number of aryl methyl sites for hydroxylation is 1. The van der Waals surface area contributed by atoms with Gasteiger partial charge in [0.15, 0.2) is 0 Å². The molecule has 0 atom stereocenters. The van der Waals surface area contributed by atoms with Gasteiger partial charge >= 0.3 is 0 Å². The van der Waals surface area contributed by atoms with Crippen LogP contribution in [0.15, 0.2) is 48.5 Å². The van der Waals surface area contributed by atoms with Crippen molar-refractivity contribution < 1.29 is 4.74 Å². The van der Waals surface area contributed by atoms with E-state index in [0.717, 1.165) is 16.9 Å². The van der Waals surface area contributed by atoms with Gasteiger partial charge in [-0.15, -0.1) is 0 Å². The predicted molar refractivity (Wildman–Crippen MR) is 97.9 cm³/mol. The highest BCUT2D eigenvalue weighted by Crippen LogP contribution is 2.12. The molecule has 0 saturated heterocycles. The van der Waals surface area contributed by atoms with E-state index in [1.54, 1.807) is 0 Å². The normalized spacial score (nSPS) is 10.0. The Morgan fingerprint density at radius 3 is 1.91 bits per heavy atom. The zero-order valence-corrected chi connectivity index (χ0v) is 14.3. The van der Waals surface area contributed by atoms with E-state index < -0.39 is 0 Å². The van der Waals surface area contributed by atoms with E-state index >= 15 is 0 Å². The molecule has 1 nitrogen and oxygen atoms in total. The van der Waals surface area contributed by atoms with Crippen LogP contribution < -0.4 is 4.74 Å². The minimum Gasteiger partial charge on any atom is -0.494 e. The van der Waals surface area contributed by atoms with E-state index in [2.05, 4.69) is 43.0 Å². The second-order valence-electron chi connectivity index (χ2n) is 5.71. The lowest BCUT2D eigenvalue weighted by atomic mass is 10.0. The van der Waals surface area contributed by atoms with Crippen molar-refractivity contribution in [3.63, 3.8) is 0 Å². The molecule has 0 aliphatic rings. The molecule has 0 heterocycles. The first-order valence-corrected chi connectivity index (χ1v) is 8.65. The molecule has 2 aromatic rings. The molecule has 1 heteroatoms. The minimum absolute atomic E-state index is 0.690. The summed E-state index contributed by atoms with van der Waals surface area (Å²) in [4.78, 5) is 0. The third-order valence-corrected chi connectivity index (χ3v) is 3.79. The Labute approximate surface area is 140 Å². The van der Waals surface area contributed by atoms with E-state index in [1.165, 1.54) is 37.7 Å². The summed E-state index contributed by atoms with van der Waals surface area (Å²) in [5, 5.41) is 0. The third-order valence-electron chi connectivity index (χ3n) is 3.79. The fourth-order valence-corrected chi connectivity index (χ4v) is 2.46. The summed E-state index contributed by atoms with van der Waals surface area (Å²) < 4.78 is 5.44. The molecule has 0 unspecified atom stereocenters. The van der Waals surface area contributed by atoms with E-state index in [4.69, 9.17) is 4.74 Å². The Hall–Kier alpha value is -2.20. The SMILES string of the molecule is CCCCCCc1ccc(C#Cc2ccc(OCC)cc2)cc1. The molecule has 120 valence electrons. The molecular weight excluding hydrogens is 280 g/mol. The highest BCUT2D eigenvalue weighted by Gasteiger charge is 1.95. The van der Waals surface area contributed by atoms with Crippen molar-refractivity contribution in [3.8, 4) is 17.6 Å². The maximum absolute atomic E-state index is 5.44. The second kappa shape index (κ2) is 9.74. The molecule has 0 aliphatic heterocycles. The monoisotopic (exact) mass is 306 g/mol. The predicted octanol–water partition coefficient (Wildman–Crippen LogP) is 5.61. The van der Waals surface area contributed by atoms with Gasteiger partial charge in [0.1, 0.15) is 5.75 Å². The van der Waals surface area contributed by atoms with Crippen LogP contribution in [-0.4, -0.2) is 6.61 Å². The molecule has 0 aliphatic carbocycles. The number of ether oxygens (including phenoxy) is 1. The number of rotatable bonds is 7. The fraction of sp³-hybridized carbons (Fsp3) is 0.364. The summed E-state index contributed by atoms with van der Waals surface area (Å²) in [5.74, 6) is 7.32. The maximum atomic E-state index is 5.44. The molecule has 0 saturated carbocycles. The van der Waals surface area contributed by atoms with Crippen LogP contribution in [0, 0.1) is 11.8 Å². The van der Waals surface area contributed by atoms with E-state index in [9.17, 15) is 0 Å². The lowest BCUT2D eigenvalue weighted by molar-refractivity contribution is 0.340. The van der Waals surface area contributed by atoms with Crippen molar-refractivity contribution in [1.82, 2.24) is 0 Å². The lowest BCUT2D eigenvalue weighted by Crippen LogP contribution is -1.90. The Morgan fingerprint density at radius 1 is 0.739 bits per heavy atom. The van der Waals surface area contributed by atoms with Gasteiger partial charge in [-0.2, -0.15) is 0 Å². The van der Waals surface area contributed by atoms with Crippen molar-refractivity contribution in [3.05, 3.63) is 65.2 Å². The Bertz CT molecular complexity index is 626. The zero-order chi connectivity index (χ0) is 16.3. The quantitative estimate of drug-likeness (QED) is 0.477. The Morgan fingerprint density at radius 2 is 1.35 bits per heavy atom. The molecule has 0 spiro atoms. The van der Waals surface area contributed by atoms with Gasteiger partial charge in [-0.1, -0.05) is 50.2 Å². The third kappa shape index (κ3) is 6.20. The minimum atomic E-state index is 0.690. The number of benzene rings is 2. The second-order valence-corrected chi connectivity index (χ2v) is 5.71. The first-order chi connectivity index (χ1) is 11.3. The molecule has 23 heavy (non-hydrogen) atoms. The average molecular weight is 306 g/mol. The maximum Gasteiger partial charge on any atom is 0.119 e. The summed E-state index contributed by atoms with van der Waals surface area (Å²) in [6, 6.07) is 16.6. The topological polar surface area (TPSA) is 9.23 Å². The molecule has 0 fully saturated rings. The van der Waals surface area contributed by atoms with Crippen LogP contribution in [0.3, 0.4) is 0 Å². The molecule has 0 aromatic heterocycles. The largest absolute Gasteiger partial charge is 0.494 e. The molecular formula is C22H26O. The van der Waals surface area contributed by atoms with Crippen LogP contribution in [0.25, 0.3) is 0 Å².